The quantitative estimate of drug-likeness (QED) is 0.192. The molecule has 0 spiro atoms. The normalized spacial score (nSPS) is 21.1. The van der Waals surface area contributed by atoms with E-state index in [0.717, 1.165) is 31.1 Å². The summed E-state index contributed by atoms with van der Waals surface area (Å²) in [6.07, 6.45) is 12.0. The predicted octanol–water partition coefficient (Wildman–Crippen LogP) is 11.5. The maximum absolute atomic E-state index is 2.69. The molecule has 0 aliphatic heterocycles. The molecule has 4 aromatic carbocycles. The molecule has 4 heterocycles. The first-order valence-electron chi connectivity index (χ1n) is 16.1. The summed E-state index contributed by atoms with van der Waals surface area (Å²) in [5, 5.41) is 6.97. The van der Waals surface area contributed by atoms with E-state index in [0.29, 0.717) is 6.04 Å². The summed E-state index contributed by atoms with van der Waals surface area (Å²) in [7, 11) is 0. The second-order valence-electron chi connectivity index (χ2n) is 13.2. The molecular weight excluding hydrogens is 553 g/mol. The van der Waals surface area contributed by atoms with Gasteiger partial charge in [-0.25, -0.2) is 0 Å². The maximum atomic E-state index is 2.69. The summed E-state index contributed by atoms with van der Waals surface area (Å²) in [6, 6.07) is 37.0. The van der Waals surface area contributed by atoms with Gasteiger partial charge in [0.2, 0.25) is 0 Å². The average Bonchev–Trinajstić information content (AvgIpc) is 3.52. The van der Waals surface area contributed by atoms with Crippen molar-refractivity contribution in [2.45, 2.75) is 37.6 Å². The van der Waals surface area contributed by atoms with Crippen LogP contribution in [0, 0.1) is 5.92 Å². The third-order valence-electron chi connectivity index (χ3n) is 10.9. The van der Waals surface area contributed by atoms with E-state index < -0.39 is 0 Å². The molecule has 210 valence electrons. The number of hydrogen-bond donors (Lipinski definition) is 0. The van der Waals surface area contributed by atoms with Gasteiger partial charge in [-0.05, 0) is 102 Å². The molecule has 1 fully saturated rings. The SMILES string of the molecule is C1=CC2CC2c2c1sc1cc3c(cc21)c1ccccc1n3C1CC=C(c2c3ccccc3n3c2ccc2ccccc23)CC1. The van der Waals surface area contributed by atoms with Crippen molar-refractivity contribution in [1.82, 2.24) is 8.97 Å². The van der Waals surface area contributed by atoms with Crippen molar-refractivity contribution in [3.8, 4) is 0 Å². The fourth-order valence-corrected chi connectivity index (χ4v) is 10.00. The lowest BCUT2D eigenvalue weighted by molar-refractivity contribution is 0.491. The Hall–Kier alpha value is -4.60. The number of nitrogens with zero attached hydrogens (tertiary/aromatic N) is 2. The van der Waals surface area contributed by atoms with E-state index in [1.54, 1.807) is 5.56 Å². The van der Waals surface area contributed by atoms with E-state index >= 15 is 0 Å². The zero-order valence-corrected chi connectivity index (χ0v) is 25.1. The van der Waals surface area contributed by atoms with Crippen LogP contribution in [0.15, 0.2) is 109 Å². The van der Waals surface area contributed by atoms with E-state index in [1.165, 1.54) is 81.6 Å². The highest BCUT2D eigenvalue weighted by atomic mass is 32.1. The largest absolute Gasteiger partial charge is 0.337 e. The van der Waals surface area contributed by atoms with Crippen molar-refractivity contribution in [2.24, 2.45) is 5.92 Å². The van der Waals surface area contributed by atoms with E-state index in [2.05, 4.69) is 124 Å². The second kappa shape index (κ2) is 8.52. The number of allylic oxidation sites excluding steroid dienone is 3. The molecule has 0 radical (unpaired) electrons. The molecule has 4 aromatic heterocycles. The van der Waals surface area contributed by atoms with Crippen LogP contribution >= 0.6 is 11.3 Å². The fourth-order valence-electron chi connectivity index (χ4n) is 8.79. The third-order valence-corrected chi connectivity index (χ3v) is 12.0. The number of fused-ring (bicyclic) bond motifs is 13. The summed E-state index contributed by atoms with van der Waals surface area (Å²) in [5.41, 5.74) is 11.2. The Labute approximate surface area is 259 Å². The molecule has 3 atom stereocenters. The highest BCUT2D eigenvalue weighted by molar-refractivity contribution is 7.20. The monoisotopic (exact) mass is 582 g/mol. The third kappa shape index (κ3) is 3.10. The number of para-hydroxylation sites is 3. The molecular formula is C41H30N2S. The number of benzene rings is 4. The number of aromatic nitrogens is 2. The smallest absolute Gasteiger partial charge is 0.0544 e. The van der Waals surface area contributed by atoms with Crippen molar-refractivity contribution >= 4 is 82.2 Å². The van der Waals surface area contributed by atoms with E-state index in [-0.39, 0.29) is 0 Å². The first-order chi connectivity index (χ1) is 21.8. The zero-order chi connectivity index (χ0) is 28.5. The highest BCUT2D eigenvalue weighted by Crippen LogP contribution is 2.57. The molecule has 3 aliphatic carbocycles. The van der Waals surface area contributed by atoms with Crippen molar-refractivity contribution in [3.63, 3.8) is 0 Å². The summed E-state index contributed by atoms with van der Waals surface area (Å²) < 4.78 is 6.62. The lowest BCUT2D eigenvalue weighted by Crippen LogP contribution is -2.12. The van der Waals surface area contributed by atoms with Crippen LogP contribution in [-0.4, -0.2) is 8.97 Å². The van der Waals surface area contributed by atoms with Gasteiger partial charge in [-0.2, -0.15) is 0 Å². The van der Waals surface area contributed by atoms with Gasteiger partial charge in [0.05, 0.1) is 22.1 Å². The van der Waals surface area contributed by atoms with Gasteiger partial charge < -0.3 is 8.97 Å². The number of rotatable bonds is 2. The Morgan fingerprint density at radius 3 is 2.39 bits per heavy atom. The number of thiophene rings is 1. The molecule has 0 saturated heterocycles. The Balaban J connectivity index is 1.07. The van der Waals surface area contributed by atoms with Crippen molar-refractivity contribution in [3.05, 3.63) is 125 Å². The van der Waals surface area contributed by atoms with Crippen LogP contribution < -0.4 is 0 Å². The fraction of sp³-hybridized carbons (Fsp3) is 0.171. The van der Waals surface area contributed by atoms with Crippen LogP contribution in [0.3, 0.4) is 0 Å². The molecule has 0 N–H and O–H groups in total. The van der Waals surface area contributed by atoms with Crippen molar-refractivity contribution in [2.75, 3.05) is 0 Å². The van der Waals surface area contributed by atoms with Crippen molar-refractivity contribution in [1.29, 1.82) is 0 Å². The van der Waals surface area contributed by atoms with Crippen LogP contribution in [0.4, 0.5) is 0 Å². The van der Waals surface area contributed by atoms with Gasteiger partial charge in [0, 0.05) is 42.9 Å². The van der Waals surface area contributed by atoms with Gasteiger partial charge in [0.25, 0.3) is 0 Å². The van der Waals surface area contributed by atoms with Crippen LogP contribution in [0.1, 0.15) is 53.6 Å². The predicted molar refractivity (Wildman–Crippen MR) is 188 cm³/mol. The minimum Gasteiger partial charge on any atom is -0.337 e. The van der Waals surface area contributed by atoms with E-state index in [1.807, 2.05) is 11.3 Å². The Bertz CT molecular complexity index is 2580. The molecule has 8 aromatic rings. The molecule has 1 saturated carbocycles. The van der Waals surface area contributed by atoms with Gasteiger partial charge in [-0.3, -0.25) is 0 Å². The molecule has 0 bridgehead atoms. The second-order valence-corrected chi connectivity index (χ2v) is 14.2. The van der Waals surface area contributed by atoms with Gasteiger partial charge in [-0.1, -0.05) is 72.8 Å². The lowest BCUT2D eigenvalue weighted by atomic mass is 9.89. The summed E-state index contributed by atoms with van der Waals surface area (Å²) in [5.74, 6) is 1.52. The Kier molecular flexibility index (Phi) is 4.61. The van der Waals surface area contributed by atoms with Crippen molar-refractivity contribution < 1.29 is 0 Å². The zero-order valence-electron chi connectivity index (χ0n) is 24.3. The van der Waals surface area contributed by atoms with Gasteiger partial charge >= 0.3 is 0 Å². The molecule has 3 heteroatoms. The molecule has 2 nitrogen and oxygen atoms in total. The topological polar surface area (TPSA) is 9.34 Å². The minimum absolute atomic E-state index is 0.446. The van der Waals surface area contributed by atoms with E-state index in [9.17, 15) is 0 Å². The van der Waals surface area contributed by atoms with Gasteiger partial charge in [-0.15, -0.1) is 11.3 Å². The molecule has 44 heavy (non-hydrogen) atoms. The number of hydrogen-bond acceptors (Lipinski definition) is 1. The summed E-state index contributed by atoms with van der Waals surface area (Å²) in [6.45, 7) is 0. The Morgan fingerprint density at radius 1 is 0.682 bits per heavy atom. The van der Waals surface area contributed by atoms with Gasteiger partial charge in [0.15, 0.2) is 0 Å². The molecule has 3 unspecified atom stereocenters. The van der Waals surface area contributed by atoms with Crippen LogP contribution in [0.25, 0.3) is 70.9 Å². The Morgan fingerprint density at radius 2 is 1.50 bits per heavy atom. The van der Waals surface area contributed by atoms with Crippen LogP contribution in [0.2, 0.25) is 0 Å². The van der Waals surface area contributed by atoms with Gasteiger partial charge in [0.1, 0.15) is 0 Å². The first-order valence-corrected chi connectivity index (χ1v) is 16.9. The van der Waals surface area contributed by atoms with Crippen LogP contribution in [-0.2, 0) is 0 Å². The first kappa shape index (κ1) is 23.8. The summed E-state index contributed by atoms with van der Waals surface area (Å²) in [4.78, 5) is 1.49. The minimum atomic E-state index is 0.446. The highest BCUT2D eigenvalue weighted by Gasteiger charge is 2.41. The molecule has 3 aliphatic rings. The molecule has 0 amide bonds. The van der Waals surface area contributed by atoms with E-state index in [4.69, 9.17) is 0 Å². The lowest BCUT2D eigenvalue weighted by Gasteiger charge is -2.25. The molecule has 11 rings (SSSR count). The number of pyridine rings is 1. The summed E-state index contributed by atoms with van der Waals surface area (Å²) >= 11 is 2.00. The average molecular weight is 583 g/mol. The maximum Gasteiger partial charge on any atom is 0.0544 e. The van der Waals surface area contributed by atoms with Crippen LogP contribution in [0.5, 0.6) is 0 Å². The standard InChI is InChI=1S/C41H30N2S/c1-4-10-33-24(7-1)15-19-36-40(29-9-3-6-12-35(29)43(33)36)25-13-17-27(18-14-25)42-34-11-5-2-8-28(34)31-22-32-39(23-37(31)42)44-38-20-16-26-21-30(26)41(32)38/h1-13,15-16,19-20,22-23,26-27,30H,14,17-18,21H2.